The number of phenols is 1. The normalized spacial score (nSPS) is 28.4. The highest BCUT2D eigenvalue weighted by Crippen LogP contribution is 2.57. The first kappa shape index (κ1) is 38.0. The van der Waals surface area contributed by atoms with Crippen LogP contribution in [0.5, 0.6) is 28.7 Å². The maximum atomic E-state index is 15.1. The van der Waals surface area contributed by atoms with E-state index in [1.165, 1.54) is 25.8 Å². The van der Waals surface area contributed by atoms with Crippen molar-refractivity contribution in [2.75, 3.05) is 46.5 Å². The molecule has 6 aliphatic heterocycles. The molecule has 2 bridgehead atoms. The zero-order valence-electron chi connectivity index (χ0n) is 32.9. The number of carbonyl (C=O) groups is 2. The number of cyclic esters (lactones) is 1. The second-order valence-electron chi connectivity index (χ2n) is 16.1. The Morgan fingerprint density at radius 2 is 1.88 bits per heavy atom. The van der Waals surface area contributed by atoms with Crippen LogP contribution in [0.15, 0.2) is 30.3 Å². The number of aromatic nitrogens is 1. The Kier molecular flexibility index (Phi) is 9.21. The van der Waals surface area contributed by atoms with Gasteiger partial charge in [-0.2, -0.15) is 11.8 Å². The first-order chi connectivity index (χ1) is 27.3. The summed E-state index contributed by atoms with van der Waals surface area (Å²) in [6.45, 7) is 6.72. The third-order valence-electron chi connectivity index (χ3n) is 12.6. The maximum absolute atomic E-state index is 15.1. The summed E-state index contributed by atoms with van der Waals surface area (Å²) < 4.78 is 30.6. The molecule has 6 atom stereocenters. The van der Waals surface area contributed by atoms with Crippen molar-refractivity contribution in [3.63, 3.8) is 0 Å². The number of aromatic amines is 1. The van der Waals surface area contributed by atoms with Gasteiger partial charge in [-0.3, -0.25) is 19.9 Å². The van der Waals surface area contributed by atoms with Gasteiger partial charge in [0.25, 0.3) is 0 Å². The molecule has 4 aromatic rings. The van der Waals surface area contributed by atoms with Crippen LogP contribution < -0.4 is 24.3 Å². The highest BCUT2D eigenvalue weighted by molar-refractivity contribution is 7.98. The molecule has 1 spiro atoms. The SMILES string of the molecule is COc1c(C)cc2c(c1O)[C@H]1[C@H](C)N(C3COC(=O)[C@]4(CSCc5c(OC(C)=O)c(C)c6c(c53)OCO6)N[C@H](CO)Cc3c4[nH]c4ccccc34)C(O)(C2)CN1C. The van der Waals surface area contributed by atoms with Crippen LogP contribution in [0.4, 0.5) is 0 Å². The highest BCUT2D eigenvalue weighted by atomic mass is 32.2. The van der Waals surface area contributed by atoms with Crippen LogP contribution in [0.3, 0.4) is 0 Å². The molecule has 1 saturated heterocycles. The molecule has 5 N–H and O–H groups in total. The number of nitrogens with one attached hydrogen (secondary N) is 2. The van der Waals surface area contributed by atoms with Crippen molar-refractivity contribution < 1.29 is 48.6 Å². The fourth-order valence-electron chi connectivity index (χ4n) is 10.5. The molecule has 1 fully saturated rings. The Morgan fingerprint density at radius 3 is 2.63 bits per heavy atom. The number of para-hydroxylation sites is 1. The molecule has 0 saturated carbocycles. The van der Waals surface area contributed by atoms with E-state index in [9.17, 15) is 20.1 Å². The van der Waals surface area contributed by atoms with E-state index in [0.29, 0.717) is 57.4 Å². The minimum absolute atomic E-state index is 0.0276. The lowest BCUT2D eigenvalue weighted by molar-refractivity contribution is -0.207. The Balaban J connectivity index is 1.25. The summed E-state index contributed by atoms with van der Waals surface area (Å²) in [5.41, 5.74) is 3.58. The number of aromatic hydroxyl groups is 1. The number of aryl methyl sites for hydroxylation is 1. The van der Waals surface area contributed by atoms with E-state index >= 15 is 4.79 Å². The Morgan fingerprint density at radius 1 is 1.11 bits per heavy atom. The van der Waals surface area contributed by atoms with E-state index in [-0.39, 0.29) is 50.2 Å². The van der Waals surface area contributed by atoms with E-state index in [1.54, 1.807) is 0 Å². The molecule has 302 valence electrons. The van der Waals surface area contributed by atoms with Gasteiger partial charge in [-0.25, -0.2) is 4.79 Å². The van der Waals surface area contributed by atoms with Crippen LogP contribution in [-0.2, 0) is 38.5 Å². The van der Waals surface area contributed by atoms with Crippen LogP contribution in [-0.4, -0.2) is 106 Å². The van der Waals surface area contributed by atoms with Crippen LogP contribution in [0.25, 0.3) is 10.9 Å². The van der Waals surface area contributed by atoms with E-state index in [0.717, 1.165) is 27.6 Å². The lowest BCUT2D eigenvalue weighted by Gasteiger charge is -2.55. The quantitative estimate of drug-likeness (QED) is 0.148. The van der Waals surface area contributed by atoms with Crippen molar-refractivity contribution >= 4 is 34.6 Å². The van der Waals surface area contributed by atoms with Crippen molar-refractivity contribution in [3.05, 3.63) is 75.0 Å². The number of piperazine rings is 1. The molecule has 2 unspecified atom stereocenters. The molecular formula is C42H48N4O10S. The third kappa shape index (κ3) is 5.64. The Labute approximate surface area is 334 Å². The maximum Gasteiger partial charge on any atom is 0.333 e. The molecule has 57 heavy (non-hydrogen) atoms. The van der Waals surface area contributed by atoms with Crippen molar-refractivity contribution in [2.45, 2.75) is 81.7 Å². The van der Waals surface area contributed by atoms with Gasteiger partial charge in [-0.15, -0.1) is 0 Å². The number of thioether (sulfide) groups is 1. The molecule has 0 radical (unpaired) electrons. The number of nitrogens with zero attached hydrogens (tertiary/aromatic N) is 2. The minimum atomic E-state index is -1.55. The average Bonchev–Trinajstić information content (AvgIpc) is 3.77. The molecule has 1 aromatic heterocycles. The summed E-state index contributed by atoms with van der Waals surface area (Å²) in [5.74, 6) is 1.03. The van der Waals surface area contributed by atoms with Crippen LogP contribution in [0.1, 0.15) is 70.6 Å². The predicted octanol–water partition coefficient (Wildman–Crippen LogP) is 4.01. The summed E-state index contributed by atoms with van der Waals surface area (Å²) in [7, 11) is 3.45. The third-order valence-corrected chi connectivity index (χ3v) is 13.7. The van der Waals surface area contributed by atoms with Crippen molar-refractivity contribution in [3.8, 4) is 28.7 Å². The van der Waals surface area contributed by atoms with E-state index in [1.807, 2.05) is 68.0 Å². The number of likely N-dealkylation sites (N-methyl/N-ethyl adjacent to an activating group) is 1. The number of benzene rings is 3. The van der Waals surface area contributed by atoms with Crippen LogP contribution in [0, 0.1) is 13.8 Å². The number of rotatable bonds is 4. The number of hydrogen-bond acceptors (Lipinski definition) is 14. The molecule has 3 aromatic carbocycles. The molecule has 15 heteroatoms. The predicted molar refractivity (Wildman–Crippen MR) is 211 cm³/mol. The van der Waals surface area contributed by atoms with Crippen molar-refractivity contribution in [2.24, 2.45) is 0 Å². The fraction of sp³-hybridized carbons (Fsp3) is 0.476. The summed E-state index contributed by atoms with van der Waals surface area (Å²) in [5, 5.41) is 40.0. The number of ether oxygens (including phenoxy) is 5. The van der Waals surface area contributed by atoms with E-state index < -0.39 is 47.4 Å². The zero-order valence-corrected chi connectivity index (χ0v) is 33.7. The Hall–Kier alpha value is -4.51. The number of fused-ring (bicyclic) bond motifs is 9. The topological polar surface area (TPSA) is 175 Å². The van der Waals surface area contributed by atoms with Gasteiger partial charge in [0, 0.05) is 76.6 Å². The van der Waals surface area contributed by atoms with Crippen molar-refractivity contribution in [1.82, 2.24) is 20.1 Å². The van der Waals surface area contributed by atoms with Gasteiger partial charge in [0.2, 0.25) is 6.79 Å². The number of aliphatic hydroxyl groups is 2. The zero-order chi connectivity index (χ0) is 40.1. The molecular weight excluding hydrogens is 753 g/mol. The fourth-order valence-corrected chi connectivity index (χ4v) is 11.8. The number of H-pyrrole nitrogens is 1. The van der Waals surface area contributed by atoms with E-state index in [4.69, 9.17) is 23.7 Å². The number of hydrogen-bond donors (Lipinski definition) is 5. The van der Waals surface area contributed by atoms with Crippen LogP contribution >= 0.6 is 11.8 Å². The summed E-state index contributed by atoms with van der Waals surface area (Å²) in [4.78, 5) is 35.4. The van der Waals surface area contributed by atoms with Gasteiger partial charge in [-0.1, -0.05) is 24.3 Å². The molecule has 7 heterocycles. The second kappa shape index (κ2) is 13.8. The first-order valence-electron chi connectivity index (χ1n) is 19.3. The molecule has 0 amide bonds. The average molecular weight is 801 g/mol. The molecule has 6 aliphatic rings. The number of aliphatic hydroxyl groups excluding tert-OH is 1. The van der Waals surface area contributed by atoms with Crippen LogP contribution in [0.2, 0.25) is 0 Å². The highest BCUT2D eigenvalue weighted by Gasteiger charge is 2.57. The minimum Gasteiger partial charge on any atom is -0.504 e. The van der Waals surface area contributed by atoms with Gasteiger partial charge in [0.15, 0.2) is 28.5 Å². The first-order valence-corrected chi connectivity index (χ1v) is 20.4. The standard InChI is InChI=1S/C42H48N4O10S/c1-20-11-24-13-41(51)17-45(5)33(31(24)34(49)35(20)52-6)22(3)46(41)30-15-53-40(50)42(39-27(12-25(14-47)44-42)26-9-7-8-10-29(26)43-39)18-57-16-28-32(30)38-37(54-19-55-38)21(2)36(28)56-23(4)48/h7-11,22,25,30,33,43-44,47,49,51H,12-19H2,1-6H3/t22-,25-,30?,33+,41?,42+/m0/s1. The largest absolute Gasteiger partial charge is 0.504 e. The Bertz CT molecular complexity index is 2330. The molecule has 10 rings (SSSR count). The van der Waals surface area contributed by atoms with Gasteiger partial charge >= 0.3 is 11.9 Å². The molecule has 0 aliphatic carbocycles. The number of esters is 2. The van der Waals surface area contributed by atoms with Gasteiger partial charge in [0.1, 0.15) is 18.1 Å². The summed E-state index contributed by atoms with van der Waals surface area (Å²) in [6, 6.07) is 7.63. The second-order valence-corrected chi connectivity index (χ2v) is 17.1. The summed E-state index contributed by atoms with van der Waals surface area (Å²) >= 11 is 1.46. The number of carbonyl (C=O) groups excluding carboxylic acids is 2. The monoisotopic (exact) mass is 800 g/mol. The van der Waals surface area contributed by atoms with Gasteiger partial charge in [-0.05, 0) is 57.0 Å². The lowest BCUT2D eigenvalue weighted by Crippen LogP contribution is -2.67. The van der Waals surface area contributed by atoms with Gasteiger partial charge < -0.3 is 44.0 Å². The molecule has 14 nitrogen and oxygen atoms in total. The number of methoxy groups -OCH3 is 1. The van der Waals surface area contributed by atoms with E-state index in [2.05, 4.69) is 10.3 Å². The lowest BCUT2D eigenvalue weighted by atomic mass is 9.85. The van der Waals surface area contributed by atoms with Gasteiger partial charge in [0.05, 0.1) is 31.5 Å². The van der Waals surface area contributed by atoms with Crippen molar-refractivity contribution in [1.29, 1.82) is 0 Å². The summed E-state index contributed by atoms with van der Waals surface area (Å²) in [6.07, 6.45) is 0.649. The smallest absolute Gasteiger partial charge is 0.333 e. The number of phenolic OH excluding ortho intramolecular Hbond substituents is 1.